The zero-order valence-electron chi connectivity index (χ0n) is 15.5. The molecule has 1 aromatic heterocycles. The van der Waals surface area contributed by atoms with Gasteiger partial charge >= 0.3 is 0 Å². The van der Waals surface area contributed by atoms with E-state index in [1.165, 1.54) is 0 Å². The molecule has 2 aromatic carbocycles. The van der Waals surface area contributed by atoms with E-state index in [2.05, 4.69) is 0 Å². The Morgan fingerprint density at radius 3 is 2.19 bits per heavy atom. The van der Waals surface area contributed by atoms with E-state index in [4.69, 9.17) is 13.9 Å². The summed E-state index contributed by atoms with van der Waals surface area (Å²) in [5, 5.41) is 78.5. The van der Waals surface area contributed by atoms with Crippen LogP contribution in [0.15, 0.2) is 27.4 Å². The van der Waals surface area contributed by atoms with Crippen LogP contribution >= 0.6 is 0 Å². The Hall–Kier alpha value is -3.29. The largest absolute Gasteiger partial charge is 0.504 e. The van der Waals surface area contributed by atoms with E-state index in [1.807, 2.05) is 0 Å². The topological polar surface area (TPSA) is 211 Å². The third-order valence-electron chi connectivity index (χ3n) is 5.05. The summed E-state index contributed by atoms with van der Waals surface area (Å²) in [5.41, 5.74) is -1.24. The fourth-order valence-corrected chi connectivity index (χ4v) is 3.38. The molecule has 31 heavy (non-hydrogen) atoms. The highest BCUT2D eigenvalue weighted by atomic mass is 16.7. The predicted octanol–water partition coefficient (Wildman–Crippen LogP) is -1.05. The lowest BCUT2D eigenvalue weighted by Gasteiger charge is -2.39. The molecule has 0 radical (unpaired) electrons. The number of phenols is 4. The molecule has 8 N–H and O–H groups in total. The first-order valence-electron chi connectivity index (χ1n) is 8.98. The quantitative estimate of drug-likeness (QED) is 0.182. The first kappa shape index (κ1) is 21.0. The second-order valence-corrected chi connectivity index (χ2v) is 7.03. The fourth-order valence-electron chi connectivity index (χ4n) is 3.38. The number of aliphatic hydroxyl groups excluding tert-OH is 4. The van der Waals surface area contributed by atoms with E-state index in [0.29, 0.717) is 0 Å². The van der Waals surface area contributed by atoms with Gasteiger partial charge in [-0.05, 0) is 6.07 Å². The molecule has 0 amide bonds. The molecule has 0 unspecified atom stereocenters. The van der Waals surface area contributed by atoms with Gasteiger partial charge in [0.05, 0.1) is 12.0 Å². The molecule has 1 aliphatic heterocycles. The molecule has 0 spiro atoms. The van der Waals surface area contributed by atoms with Gasteiger partial charge in [-0.2, -0.15) is 0 Å². The normalized spacial score (nSPS) is 26.4. The van der Waals surface area contributed by atoms with E-state index < -0.39 is 76.9 Å². The van der Waals surface area contributed by atoms with Crippen LogP contribution in [0.4, 0.5) is 0 Å². The second kappa shape index (κ2) is 7.44. The number of hydrogen-bond acceptors (Lipinski definition) is 12. The van der Waals surface area contributed by atoms with Gasteiger partial charge in [-0.15, -0.1) is 0 Å². The van der Waals surface area contributed by atoms with Crippen molar-refractivity contribution < 1.29 is 54.7 Å². The zero-order chi connectivity index (χ0) is 22.6. The molecule has 3 aromatic rings. The minimum absolute atomic E-state index is 0.130. The fraction of sp³-hybridized carbons (Fsp3) is 0.316. The maximum Gasteiger partial charge on any atom is 0.229 e. The third-order valence-corrected chi connectivity index (χ3v) is 5.05. The van der Waals surface area contributed by atoms with Gasteiger partial charge in [0, 0.05) is 12.1 Å². The van der Waals surface area contributed by atoms with Crippen LogP contribution in [0.1, 0.15) is 0 Å². The van der Waals surface area contributed by atoms with Crippen LogP contribution in [0, 0.1) is 0 Å². The molecule has 1 aliphatic rings. The van der Waals surface area contributed by atoms with Crippen molar-refractivity contribution in [3.63, 3.8) is 0 Å². The van der Waals surface area contributed by atoms with Crippen molar-refractivity contribution in [3.8, 4) is 28.7 Å². The van der Waals surface area contributed by atoms with Crippen molar-refractivity contribution in [1.82, 2.24) is 0 Å². The van der Waals surface area contributed by atoms with E-state index in [0.717, 1.165) is 18.2 Å². The smallest absolute Gasteiger partial charge is 0.229 e. The highest BCUT2D eigenvalue weighted by Gasteiger charge is 2.45. The Morgan fingerprint density at radius 2 is 1.52 bits per heavy atom. The Bertz CT molecular complexity index is 1220. The Labute approximate surface area is 172 Å². The number of hydrogen-bond donors (Lipinski definition) is 8. The van der Waals surface area contributed by atoms with Gasteiger partial charge in [0.25, 0.3) is 0 Å². The number of aromatic hydroxyl groups is 4. The predicted molar refractivity (Wildman–Crippen MR) is 101 cm³/mol. The van der Waals surface area contributed by atoms with Crippen LogP contribution in [-0.2, 0) is 4.74 Å². The lowest BCUT2D eigenvalue weighted by Crippen LogP contribution is -2.60. The van der Waals surface area contributed by atoms with Crippen molar-refractivity contribution in [2.75, 3.05) is 6.61 Å². The maximum absolute atomic E-state index is 12.8. The summed E-state index contributed by atoms with van der Waals surface area (Å²) in [7, 11) is 0. The van der Waals surface area contributed by atoms with E-state index in [9.17, 15) is 45.6 Å². The SMILES string of the molecule is O=c1c2cc(O)c(O)cc2oc2cc(O)c(O[C@@H]3O[C@@H](CO)[C@H](O)[C@@H](O)[C@@H]3O)c(O)c12. The van der Waals surface area contributed by atoms with Crippen molar-refractivity contribution in [2.24, 2.45) is 0 Å². The minimum atomic E-state index is -1.83. The molecule has 0 aliphatic carbocycles. The molecule has 1 fully saturated rings. The molecule has 0 bridgehead atoms. The van der Waals surface area contributed by atoms with Gasteiger partial charge in [-0.1, -0.05) is 0 Å². The van der Waals surface area contributed by atoms with Crippen molar-refractivity contribution in [3.05, 3.63) is 28.4 Å². The molecule has 2 heterocycles. The summed E-state index contributed by atoms with van der Waals surface area (Å²) in [5.74, 6) is -3.48. The van der Waals surface area contributed by atoms with Gasteiger partial charge in [-0.25, -0.2) is 0 Å². The number of aliphatic hydroxyl groups is 4. The summed E-state index contributed by atoms with van der Waals surface area (Å²) in [6.07, 6.45) is -8.30. The second-order valence-electron chi connectivity index (χ2n) is 7.03. The monoisotopic (exact) mass is 438 g/mol. The molecule has 1 saturated heterocycles. The lowest BCUT2D eigenvalue weighted by atomic mass is 9.99. The Kier molecular flexibility index (Phi) is 5.03. The Morgan fingerprint density at radius 1 is 0.871 bits per heavy atom. The highest BCUT2D eigenvalue weighted by Crippen LogP contribution is 2.43. The van der Waals surface area contributed by atoms with Gasteiger partial charge < -0.3 is 54.7 Å². The number of rotatable bonds is 3. The van der Waals surface area contributed by atoms with Gasteiger partial charge in [0.1, 0.15) is 41.0 Å². The first-order chi connectivity index (χ1) is 14.6. The molecular formula is C19H18O12. The molecule has 12 heteroatoms. The molecule has 12 nitrogen and oxygen atoms in total. The summed E-state index contributed by atoms with van der Waals surface area (Å²) in [6.45, 7) is -0.730. The summed E-state index contributed by atoms with van der Waals surface area (Å²) in [6, 6.07) is 2.84. The number of phenolic OH excluding ortho intramolecular Hbond substituents is 4. The number of fused-ring (bicyclic) bond motifs is 2. The third kappa shape index (κ3) is 3.26. The Balaban J connectivity index is 1.84. The average molecular weight is 438 g/mol. The van der Waals surface area contributed by atoms with Crippen LogP contribution in [0.2, 0.25) is 0 Å². The molecule has 166 valence electrons. The van der Waals surface area contributed by atoms with E-state index >= 15 is 0 Å². The molecule has 0 saturated carbocycles. The zero-order valence-corrected chi connectivity index (χ0v) is 15.5. The summed E-state index contributed by atoms with van der Waals surface area (Å²) >= 11 is 0. The number of ether oxygens (including phenoxy) is 2. The molecular weight excluding hydrogens is 420 g/mol. The first-order valence-corrected chi connectivity index (χ1v) is 8.98. The van der Waals surface area contributed by atoms with Crippen LogP contribution in [-0.4, -0.2) is 78.2 Å². The van der Waals surface area contributed by atoms with Crippen LogP contribution in [0.25, 0.3) is 21.9 Å². The van der Waals surface area contributed by atoms with Crippen LogP contribution in [0.3, 0.4) is 0 Å². The van der Waals surface area contributed by atoms with Crippen molar-refractivity contribution in [1.29, 1.82) is 0 Å². The van der Waals surface area contributed by atoms with Gasteiger partial charge in [-0.3, -0.25) is 4.79 Å². The van der Waals surface area contributed by atoms with Gasteiger partial charge in [0.15, 0.2) is 23.0 Å². The number of benzene rings is 2. The standard InChI is InChI=1S/C19H18O12/c20-4-11-14(25)16(27)17(28)19(30-11)31-18-8(23)3-10-12(15(18)26)13(24)5-1-6(21)7(22)2-9(5)29-10/h1-3,11,14,16-17,19-23,25-28H,4H2/t11-,14-,16+,17-,19-/m0/s1. The average Bonchev–Trinajstić information content (AvgIpc) is 2.72. The molecule has 4 rings (SSSR count). The minimum Gasteiger partial charge on any atom is -0.504 e. The van der Waals surface area contributed by atoms with Crippen LogP contribution < -0.4 is 10.2 Å². The van der Waals surface area contributed by atoms with E-state index in [1.54, 1.807) is 0 Å². The summed E-state index contributed by atoms with van der Waals surface area (Å²) < 4.78 is 15.9. The van der Waals surface area contributed by atoms with Crippen LogP contribution in [0.5, 0.6) is 28.7 Å². The van der Waals surface area contributed by atoms with Crippen molar-refractivity contribution in [2.45, 2.75) is 30.7 Å². The highest BCUT2D eigenvalue weighted by molar-refractivity contribution is 5.96. The van der Waals surface area contributed by atoms with E-state index in [-0.39, 0.29) is 16.6 Å². The maximum atomic E-state index is 12.8. The lowest BCUT2D eigenvalue weighted by molar-refractivity contribution is -0.277. The van der Waals surface area contributed by atoms with Crippen molar-refractivity contribution >= 4 is 21.9 Å². The van der Waals surface area contributed by atoms with Gasteiger partial charge in [0.2, 0.25) is 17.5 Å². The molecule has 5 atom stereocenters. The summed E-state index contributed by atoms with van der Waals surface area (Å²) in [4.78, 5) is 12.8.